The Balaban J connectivity index is 2.22. The SMILES string of the molecule is Nc1ccc2c(c1)NC(=O)C21CC1. The lowest BCUT2D eigenvalue weighted by Crippen LogP contribution is -2.18. The summed E-state index contributed by atoms with van der Waals surface area (Å²) in [5, 5.41) is 2.87. The number of nitrogens with one attached hydrogen (secondary N) is 1. The Morgan fingerprint density at radius 3 is 2.85 bits per heavy atom. The van der Waals surface area contributed by atoms with Crippen molar-refractivity contribution in [1.29, 1.82) is 0 Å². The number of carbonyl (C=O) groups is 1. The van der Waals surface area contributed by atoms with E-state index in [9.17, 15) is 4.79 Å². The number of benzene rings is 1. The molecule has 1 fully saturated rings. The number of fused-ring (bicyclic) bond motifs is 2. The molecule has 3 nitrogen and oxygen atoms in total. The fourth-order valence-corrected chi connectivity index (χ4v) is 2.07. The van der Waals surface area contributed by atoms with Gasteiger partial charge in [0, 0.05) is 11.4 Å². The third-order valence-electron chi connectivity index (χ3n) is 2.99. The number of anilines is 2. The Morgan fingerprint density at radius 2 is 2.15 bits per heavy atom. The van der Waals surface area contributed by atoms with E-state index in [2.05, 4.69) is 5.32 Å². The Kier molecular flexibility index (Phi) is 0.998. The van der Waals surface area contributed by atoms with Gasteiger partial charge in [-0.25, -0.2) is 0 Å². The van der Waals surface area contributed by atoms with Crippen LogP contribution in [0.1, 0.15) is 18.4 Å². The molecule has 3 rings (SSSR count). The molecule has 1 heterocycles. The first kappa shape index (κ1) is 6.95. The molecule has 66 valence electrons. The standard InChI is InChI=1S/C10H10N2O/c11-6-1-2-7-8(5-6)12-9(13)10(7)3-4-10/h1-2,5H,3-4,11H2,(H,12,13). The monoisotopic (exact) mass is 174 g/mol. The summed E-state index contributed by atoms with van der Waals surface area (Å²) in [6.07, 6.45) is 1.96. The van der Waals surface area contributed by atoms with Gasteiger partial charge in [-0.2, -0.15) is 0 Å². The maximum atomic E-state index is 11.6. The number of nitrogen functional groups attached to an aromatic ring is 1. The minimum absolute atomic E-state index is 0.146. The van der Waals surface area contributed by atoms with E-state index >= 15 is 0 Å². The van der Waals surface area contributed by atoms with Crippen LogP contribution >= 0.6 is 0 Å². The van der Waals surface area contributed by atoms with Gasteiger partial charge in [-0.15, -0.1) is 0 Å². The fourth-order valence-electron chi connectivity index (χ4n) is 2.07. The van der Waals surface area contributed by atoms with Gasteiger partial charge in [0.1, 0.15) is 0 Å². The highest BCUT2D eigenvalue weighted by molar-refractivity contribution is 6.08. The molecule has 0 unspecified atom stereocenters. The topological polar surface area (TPSA) is 55.1 Å². The van der Waals surface area contributed by atoms with Gasteiger partial charge in [-0.05, 0) is 30.5 Å². The molecule has 1 amide bonds. The molecule has 0 saturated heterocycles. The lowest BCUT2D eigenvalue weighted by molar-refractivity contribution is -0.117. The summed E-state index contributed by atoms with van der Waals surface area (Å²) >= 11 is 0. The molecular weight excluding hydrogens is 164 g/mol. The third-order valence-corrected chi connectivity index (χ3v) is 2.99. The van der Waals surface area contributed by atoms with Gasteiger partial charge in [0.15, 0.2) is 0 Å². The molecule has 1 aromatic rings. The first-order valence-electron chi connectivity index (χ1n) is 4.44. The molecule has 1 spiro atoms. The zero-order valence-electron chi connectivity index (χ0n) is 7.13. The van der Waals surface area contributed by atoms with Crippen LogP contribution < -0.4 is 11.1 Å². The number of amides is 1. The van der Waals surface area contributed by atoms with E-state index < -0.39 is 0 Å². The second kappa shape index (κ2) is 1.87. The first-order valence-corrected chi connectivity index (χ1v) is 4.44. The van der Waals surface area contributed by atoms with Crippen molar-refractivity contribution in [3.63, 3.8) is 0 Å². The largest absolute Gasteiger partial charge is 0.399 e. The molecular formula is C10H10N2O. The van der Waals surface area contributed by atoms with E-state index in [-0.39, 0.29) is 11.3 Å². The number of hydrogen-bond acceptors (Lipinski definition) is 2. The molecule has 2 aliphatic rings. The van der Waals surface area contributed by atoms with Crippen molar-refractivity contribution in [2.75, 3.05) is 11.1 Å². The van der Waals surface area contributed by atoms with E-state index in [1.54, 1.807) is 0 Å². The van der Waals surface area contributed by atoms with E-state index in [0.29, 0.717) is 5.69 Å². The van der Waals surface area contributed by atoms with E-state index in [1.807, 2.05) is 18.2 Å². The summed E-state index contributed by atoms with van der Waals surface area (Å²) in [6.45, 7) is 0. The summed E-state index contributed by atoms with van der Waals surface area (Å²) in [5.41, 5.74) is 8.20. The third kappa shape index (κ3) is 0.716. The molecule has 1 aliphatic heterocycles. The number of rotatable bonds is 0. The summed E-state index contributed by atoms with van der Waals surface area (Å²) in [6, 6.07) is 5.66. The quantitative estimate of drug-likeness (QED) is 0.581. The Hall–Kier alpha value is -1.51. The van der Waals surface area contributed by atoms with Crippen LogP contribution in [0.2, 0.25) is 0 Å². The van der Waals surface area contributed by atoms with E-state index in [0.717, 1.165) is 24.1 Å². The summed E-state index contributed by atoms with van der Waals surface area (Å²) in [7, 11) is 0. The van der Waals surface area contributed by atoms with Crippen LogP contribution in [-0.2, 0) is 10.2 Å². The minimum atomic E-state index is -0.178. The van der Waals surface area contributed by atoms with Crippen molar-refractivity contribution in [1.82, 2.24) is 0 Å². The van der Waals surface area contributed by atoms with Gasteiger partial charge in [-0.1, -0.05) is 6.07 Å². The van der Waals surface area contributed by atoms with Crippen LogP contribution in [0.25, 0.3) is 0 Å². The average Bonchev–Trinajstić information content (AvgIpc) is 2.80. The molecule has 1 saturated carbocycles. The van der Waals surface area contributed by atoms with Crippen LogP contribution in [0.5, 0.6) is 0 Å². The van der Waals surface area contributed by atoms with Crippen molar-refractivity contribution >= 4 is 17.3 Å². The lowest BCUT2D eigenvalue weighted by atomic mass is 9.98. The molecule has 3 heteroatoms. The highest BCUT2D eigenvalue weighted by Crippen LogP contribution is 2.55. The van der Waals surface area contributed by atoms with E-state index in [4.69, 9.17) is 5.73 Å². The van der Waals surface area contributed by atoms with Crippen molar-refractivity contribution in [2.24, 2.45) is 0 Å². The number of nitrogens with two attached hydrogens (primary N) is 1. The molecule has 0 atom stereocenters. The predicted molar refractivity (Wildman–Crippen MR) is 50.4 cm³/mol. The Morgan fingerprint density at radius 1 is 1.38 bits per heavy atom. The van der Waals surface area contributed by atoms with Gasteiger partial charge < -0.3 is 11.1 Å². The van der Waals surface area contributed by atoms with Gasteiger partial charge in [0.05, 0.1) is 5.41 Å². The van der Waals surface area contributed by atoms with Crippen LogP contribution in [0.3, 0.4) is 0 Å². The highest BCUT2D eigenvalue weighted by Gasteiger charge is 2.56. The minimum Gasteiger partial charge on any atom is -0.399 e. The molecule has 1 aliphatic carbocycles. The summed E-state index contributed by atoms with van der Waals surface area (Å²) in [5.74, 6) is 0.146. The zero-order chi connectivity index (χ0) is 9.05. The fraction of sp³-hybridized carbons (Fsp3) is 0.300. The second-order valence-corrected chi connectivity index (χ2v) is 3.84. The van der Waals surface area contributed by atoms with Gasteiger partial charge in [-0.3, -0.25) is 4.79 Å². The molecule has 1 aromatic carbocycles. The zero-order valence-corrected chi connectivity index (χ0v) is 7.13. The molecule has 0 radical (unpaired) electrons. The lowest BCUT2D eigenvalue weighted by Gasteiger charge is -2.03. The number of carbonyl (C=O) groups excluding carboxylic acids is 1. The molecule has 3 N–H and O–H groups in total. The van der Waals surface area contributed by atoms with Crippen molar-refractivity contribution in [3.05, 3.63) is 23.8 Å². The maximum absolute atomic E-state index is 11.6. The predicted octanol–water partition coefficient (Wildman–Crippen LogP) is 1.25. The summed E-state index contributed by atoms with van der Waals surface area (Å²) < 4.78 is 0. The second-order valence-electron chi connectivity index (χ2n) is 3.84. The van der Waals surface area contributed by atoms with Gasteiger partial charge >= 0.3 is 0 Å². The molecule has 0 bridgehead atoms. The smallest absolute Gasteiger partial charge is 0.235 e. The van der Waals surface area contributed by atoms with Crippen LogP contribution in [0, 0.1) is 0 Å². The van der Waals surface area contributed by atoms with Gasteiger partial charge in [0.25, 0.3) is 0 Å². The normalized spacial score (nSPS) is 21.4. The van der Waals surface area contributed by atoms with Crippen LogP contribution in [0.15, 0.2) is 18.2 Å². The Bertz CT molecular complexity index is 407. The highest BCUT2D eigenvalue weighted by atomic mass is 16.2. The van der Waals surface area contributed by atoms with Crippen LogP contribution in [-0.4, -0.2) is 5.91 Å². The average molecular weight is 174 g/mol. The van der Waals surface area contributed by atoms with E-state index in [1.165, 1.54) is 0 Å². The van der Waals surface area contributed by atoms with Crippen molar-refractivity contribution in [3.8, 4) is 0 Å². The van der Waals surface area contributed by atoms with Gasteiger partial charge in [0.2, 0.25) is 5.91 Å². The Labute approximate surface area is 75.9 Å². The van der Waals surface area contributed by atoms with Crippen molar-refractivity contribution < 1.29 is 4.79 Å². The van der Waals surface area contributed by atoms with Crippen molar-refractivity contribution in [2.45, 2.75) is 18.3 Å². The molecule has 13 heavy (non-hydrogen) atoms. The first-order chi connectivity index (χ1) is 6.22. The summed E-state index contributed by atoms with van der Waals surface area (Å²) in [4.78, 5) is 11.6. The number of hydrogen-bond donors (Lipinski definition) is 2. The van der Waals surface area contributed by atoms with Crippen LogP contribution in [0.4, 0.5) is 11.4 Å². The molecule has 0 aromatic heterocycles. The maximum Gasteiger partial charge on any atom is 0.235 e.